The summed E-state index contributed by atoms with van der Waals surface area (Å²) in [5, 5.41) is 2.79. The van der Waals surface area contributed by atoms with E-state index in [4.69, 9.17) is 0 Å². The van der Waals surface area contributed by atoms with Crippen LogP contribution in [0.2, 0.25) is 0 Å². The van der Waals surface area contributed by atoms with Crippen LogP contribution in [0.1, 0.15) is 40.5 Å². The molecule has 0 bridgehead atoms. The molecule has 0 saturated heterocycles. The molecule has 0 spiro atoms. The molecular formula is C10H21NO. The van der Waals surface area contributed by atoms with Crippen molar-refractivity contribution in [3.63, 3.8) is 0 Å². The minimum absolute atomic E-state index is 0. The van der Waals surface area contributed by atoms with Gasteiger partial charge < -0.3 is 5.32 Å². The van der Waals surface area contributed by atoms with Crippen LogP contribution in [0.3, 0.4) is 0 Å². The molecule has 1 N–H and O–H groups in total. The lowest BCUT2D eigenvalue weighted by atomic mass is 10.2. The molecule has 0 unspecified atom stereocenters. The lowest BCUT2D eigenvalue weighted by Gasteiger charge is -1.99. The fourth-order valence-electron chi connectivity index (χ4n) is 0.797. The highest BCUT2D eigenvalue weighted by molar-refractivity contribution is 5.87. The zero-order chi connectivity index (χ0) is 8.53. The molecule has 0 atom stereocenters. The van der Waals surface area contributed by atoms with Gasteiger partial charge in [0.2, 0.25) is 5.91 Å². The van der Waals surface area contributed by atoms with Crippen molar-refractivity contribution >= 4 is 5.91 Å². The number of carbonyl (C=O) groups is 1. The Morgan fingerprint density at radius 2 is 2.08 bits per heavy atom. The highest BCUT2D eigenvalue weighted by atomic mass is 16.1. The Balaban J connectivity index is 0. The molecule has 0 aliphatic heterocycles. The molecule has 0 aromatic carbocycles. The molecule has 0 aromatic heterocycles. The molecule has 0 aliphatic rings. The van der Waals surface area contributed by atoms with E-state index in [0.29, 0.717) is 0 Å². The molecule has 0 aliphatic carbocycles. The minimum Gasteiger partial charge on any atom is -0.353 e. The van der Waals surface area contributed by atoms with Gasteiger partial charge in [-0.1, -0.05) is 33.3 Å². The number of unbranched alkanes of at least 4 members (excludes halogenated alkanes) is 2. The van der Waals surface area contributed by atoms with Gasteiger partial charge in [0.05, 0.1) is 0 Å². The Morgan fingerprint density at radius 1 is 1.42 bits per heavy atom. The highest BCUT2D eigenvalue weighted by Gasteiger charge is 1.91. The van der Waals surface area contributed by atoms with E-state index >= 15 is 0 Å². The summed E-state index contributed by atoms with van der Waals surface area (Å²) >= 11 is 0. The smallest absolute Gasteiger partial charge is 0.243 e. The third kappa shape index (κ3) is 9.21. The van der Waals surface area contributed by atoms with Crippen molar-refractivity contribution in [3.05, 3.63) is 12.2 Å². The van der Waals surface area contributed by atoms with E-state index in [1.807, 2.05) is 6.92 Å². The molecular weight excluding hydrogens is 150 g/mol. The van der Waals surface area contributed by atoms with Crippen LogP contribution in [0, 0.1) is 0 Å². The van der Waals surface area contributed by atoms with E-state index in [-0.39, 0.29) is 13.3 Å². The second kappa shape index (κ2) is 10.2. The molecule has 0 fully saturated rings. The van der Waals surface area contributed by atoms with Gasteiger partial charge in [0, 0.05) is 6.54 Å². The third-order valence-electron chi connectivity index (χ3n) is 1.40. The van der Waals surface area contributed by atoms with Crippen molar-refractivity contribution < 1.29 is 4.79 Å². The van der Waals surface area contributed by atoms with Crippen LogP contribution >= 0.6 is 0 Å². The first-order valence-electron chi connectivity index (χ1n) is 4.21. The first kappa shape index (κ1) is 13.8. The topological polar surface area (TPSA) is 29.1 Å². The van der Waals surface area contributed by atoms with Gasteiger partial charge in [0.15, 0.2) is 0 Å². The number of hydrogen-bond donors (Lipinski definition) is 1. The van der Waals surface area contributed by atoms with E-state index in [1.54, 1.807) is 12.2 Å². The van der Waals surface area contributed by atoms with Gasteiger partial charge in [-0.05, 0) is 19.4 Å². The van der Waals surface area contributed by atoms with Gasteiger partial charge in [-0.25, -0.2) is 0 Å². The lowest BCUT2D eigenvalue weighted by Crippen LogP contribution is -2.21. The normalized spacial score (nSPS) is 9.50. The van der Waals surface area contributed by atoms with E-state index in [1.165, 1.54) is 12.8 Å². The Bertz CT molecular complexity index is 130. The Kier molecular flexibility index (Phi) is 11.7. The molecule has 2 heteroatoms. The SMILES string of the molecule is C.C/C=C/C(=O)NCCCCC. The third-order valence-corrected chi connectivity index (χ3v) is 1.40. The molecule has 2 nitrogen and oxygen atoms in total. The van der Waals surface area contributed by atoms with Gasteiger partial charge in [-0.15, -0.1) is 0 Å². The second-order valence-corrected chi connectivity index (χ2v) is 2.50. The van der Waals surface area contributed by atoms with Crippen molar-refractivity contribution in [2.24, 2.45) is 0 Å². The van der Waals surface area contributed by atoms with Gasteiger partial charge in [0.25, 0.3) is 0 Å². The molecule has 0 saturated carbocycles. The van der Waals surface area contributed by atoms with E-state index in [2.05, 4.69) is 12.2 Å². The van der Waals surface area contributed by atoms with Crippen LogP contribution in [0.25, 0.3) is 0 Å². The van der Waals surface area contributed by atoms with E-state index in [0.717, 1.165) is 13.0 Å². The summed E-state index contributed by atoms with van der Waals surface area (Å²) in [6, 6.07) is 0. The summed E-state index contributed by atoms with van der Waals surface area (Å²) in [6.07, 6.45) is 6.76. The zero-order valence-electron chi connectivity index (χ0n) is 7.39. The number of rotatable bonds is 5. The summed E-state index contributed by atoms with van der Waals surface area (Å²) in [7, 11) is 0. The maximum absolute atomic E-state index is 10.8. The average molecular weight is 171 g/mol. The van der Waals surface area contributed by atoms with Gasteiger partial charge in [-0.2, -0.15) is 0 Å². The Morgan fingerprint density at radius 3 is 2.58 bits per heavy atom. The highest BCUT2D eigenvalue weighted by Crippen LogP contribution is 1.90. The summed E-state index contributed by atoms with van der Waals surface area (Å²) in [5.41, 5.74) is 0. The predicted octanol–water partition coefficient (Wildman–Crippen LogP) is 2.51. The summed E-state index contributed by atoms with van der Waals surface area (Å²) in [6.45, 7) is 4.79. The number of nitrogens with one attached hydrogen (secondary N) is 1. The number of allylic oxidation sites excluding steroid dienone is 1. The van der Waals surface area contributed by atoms with Gasteiger partial charge >= 0.3 is 0 Å². The molecule has 0 heterocycles. The number of carbonyl (C=O) groups excluding carboxylic acids is 1. The second-order valence-electron chi connectivity index (χ2n) is 2.50. The monoisotopic (exact) mass is 171 g/mol. The van der Waals surface area contributed by atoms with Crippen LogP contribution in [0.4, 0.5) is 0 Å². The lowest BCUT2D eigenvalue weighted by molar-refractivity contribution is -0.116. The van der Waals surface area contributed by atoms with Crippen molar-refractivity contribution in [2.75, 3.05) is 6.54 Å². The van der Waals surface area contributed by atoms with Gasteiger partial charge in [0.1, 0.15) is 0 Å². The standard InChI is InChI=1S/C9H17NO.CH4/c1-3-5-6-8-10-9(11)7-4-2;/h4,7H,3,5-6,8H2,1-2H3,(H,10,11);1H4/b7-4+;. The van der Waals surface area contributed by atoms with Crippen molar-refractivity contribution in [1.29, 1.82) is 0 Å². The maximum atomic E-state index is 10.8. The maximum Gasteiger partial charge on any atom is 0.243 e. The summed E-state index contributed by atoms with van der Waals surface area (Å²) < 4.78 is 0. The summed E-state index contributed by atoms with van der Waals surface area (Å²) in [4.78, 5) is 10.8. The molecule has 0 rings (SSSR count). The Labute approximate surface area is 76.1 Å². The van der Waals surface area contributed by atoms with Crippen molar-refractivity contribution in [1.82, 2.24) is 5.32 Å². The molecule has 1 amide bonds. The quantitative estimate of drug-likeness (QED) is 0.500. The predicted molar refractivity (Wildman–Crippen MR) is 54.1 cm³/mol. The largest absolute Gasteiger partial charge is 0.353 e. The Hall–Kier alpha value is -0.790. The van der Waals surface area contributed by atoms with Crippen LogP contribution < -0.4 is 5.32 Å². The molecule has 12 heavy (non-hydrogen) atoms. The van der Waals surface area contributed by atoms with Crippen molar-refractivity contribution in [3.8, 4) is 0 Å². The first-order valence-corrected chi connectivity index (χ1v) is 4.21. The fraction of sp³-hybridized carbons (Fsp3) is 0.700. The number of amides is 1. The fourth-order valence-corrected chi connectivity index (χ4v) is 0.797. The van der Waals surface area contributed by atoms with Gasteiger partial charge in [-0.3, -0.25) is 4.79 Å². The minimum atomic E-state index is 0. The van der Waals surface area contributed by atoms with Crippen LogP contribution in [-0.2, 0) is 4.79 Å². The summed E-state index contributed by atoms with van der Waals surface area (Å²) in [5.74, 6) is 0.0172. The van der Waals surface area contributed by atoms with E-state index in [9.17, 15) is 4.79 Å². The average Bonchev–Trinajstić information content (AvgIpc) is 1.99. The van der Waals surface area contributed by atoms with Crippen LogP contribution in [0.15, 0.2) is 12.2 Å². The molecule has 0 radical (unpaired) electrons. The zero-order valence-corrected chi connectivity index (χ0v) is 7.39. The van der Waals surface area contributed by atoms with Crippen molar-refractivity contribution in [2.45, 2.75) is 40.5 Å². The van der Waals surface area contributed by atoms with E-state index < -0.39 is 0 Å². The molecule has 72 valence electrons. The van der Waals surface area contributed by atoms with Crippen LogP contribution in [0.5, 0.6) is 0 Å². The van der Waals surface area contributed by atoms with Crippen LogP contribution in [-0.4, -0.2) is 12.5 Å². The number of hydrogen-bond acceptors (Lipinski definition) is 1. The first-order chi connectivity index (χ1) is 5.31. The molecule has 0 aromatic rings.